The van der Waals surface area contributed by atoms with Crippen molar-refractivity contribution in [2.24, 2.45) is 0 Å². The topological polar surface area (TPSA) is 78.9 Å². The summed E-state index contributed by atoms with van der Waals surface area (Å²) in [6.07, 6.45) is 4.39. The molecule has 6 nitrogen and oxygen atoms in total. The summed E-state index contributed by atoms with van der Waals surface area (Å²) in [7, 11) is 0. The van der Waals surface area contributed by atoms with E-state index in [9.17, 15) is 14.4 Å². The Kier molecular flexibility index (Phi) is 11.8. The Morgan fingerprint density at radius 3 is 2.18 bits per heavy atom. The first-order valence-corrected chi connectivity index (χ1v) is 7.67. The van der Waals surface area contributed by atoms with Crippen LogP contribution < -0.4 is 0 Å². The van der Waals surface area contributed by atoms with Crippen molar-refractivity contribution in [2.45, 2.75) is 52.4 Å². The highest BCUT2D eigenvalue weighted by Crippen LogP contribution is 2.05. The smallest absolute Gasteiger partial charge is 0.344 e. The number of hydrogen-bond donors (Lipinski definition) is 0. The molecule has 22 heavy (non-hydrogen) atoms. The summed E-state index contributed by atoms with van der Waals surface area (Å²) in [6.45, 7) is 7.59. The van der Waals surface area contributed by atoms with Crippen molar-refractivity contribution >= 4 is 17.9 Å². The molecule has 0 spiro atoms. The van der Waals surface area contributed by atoms with E-state index in [0.29, 0.717) is 13.0 Å². The minimum absolute atomic E-state index is 0.0161. The fourth-order valence-corrected chi connectivity index (χ4v) is 1.49. The summed E-state index contributed by atoms with van der Waals surface area (Å²) in [5.41, 5.74) is 0.0161. The zero-order valence-corrected chi connectivity index (χ0v) is 13.5. The predicted octanol–water partition coefficient (Wildman–Crippen LogP) is 2.55. The van der Waals surface area contributed by atoms with E-state index in [1.807, 2.05) is 6.92 Å². The van der Waals surface area contributed by atoms with Crippen molar-refractivity contribution in [3.63, 3.8) is 0 Å². The van der Waals surface area contributed by atoms with Crippen LogP contribution in [0.25, 0.3) is 0 Å². The fourth-order valence-electron chi connectivity index (χ4n) is 1.49. The molecule has 0 saturated heterocycles. The van der Waals surface area contributed by atoms with Crippen molar-refractivity contribution in [3.8, 4) is 0 Å². The van der Waals surface area contributed by atoms with Crippen LogP contribution in [0.3, 0.4) is 0 Å². The van der Waals surface area contributed by atoms with Crippen LogP contribution in [0.15, 0.2) is 12.2 Å². The lowest BCUT2D eigenvalue weighted by atomic mass is 10.2. The van der Waals surface area contributed by atoms with Gasteiger partial charge in [-0.05, 0) is 12.8 Å². The average Bonchev–Trinajstić information content (AvgIpc) is 2.50. The van der Waals surface area contributed by atoms with E-state index in [1.54, 1.807) is 0 Å². The number of carbonyl (C=O) groups excluding carboxylic acids is 3. The van der Waals surface area contributed by atoms with E-state index in [-0.39, 0.29) is 18.6 Å². The van der Waals surface area contributed by atoms with E-state index in [2.05, 4.69) is 13.5 Å². The lowest BCUT2D eigenvalue weighted by Gasteiger charge is -2.07. The van der Waals surface area contributed by atoms with Crippen LogP contribution in [0, 0.1) is 0 Å². The summed E-state index contributed by atoms with van der Waals surface area (Å²) in [5, 5.41) is 0. The highest BCUT2D eigenvalue weighted by molar-refractivity contribution is 5.93. The third-order valence-electron chi connectivity index (χ3n) is 2.70. The second-order valence-electron chi connectivity index (χ2n) is 4.86. The Morgan fingerprint density at radius 2 is 1.55 bits per heavy atom. The van der Waals surface area contributed by atoms with Crippen molar-refractivity contribution in [3.05, 3.63) is 12.2 Å². The van der Waals surface area contributed by atoms with Crippen LogP contribution in [0.5, 0.6) is 0 Å². The third-order valence-corrected chi connectivity index (χ3v) is 2.70. The van der Waals surface area contributed by atoms with Gasteiger partial charge in [-0.3, -0.25) is 4.79 Å². The number of ether oxygens (including phenoxy) is 3. The SMILES string of the molecule is C=C(CC(=O)OCC(=O)OCCC)C(=O)OCCCCCC. The molecule has 0 radical (unpaired) electrons. The monoisotopic (exact) mass is 314 g/mol. The number of unbranched alkanes of at least 4 members (excludes halogenated alkanes) is 3. The van der Waals surface area contributed by atoms with Gasteiger partial charge in [0.05, 0.1) is 19.6 Å². The molecule has 126 valence electrons. The summed E-state index contributed by atoms with van der Waals surface area (Å²) in [6, 6.07) is 0. The standard InChI is InChI=1S/C16H26O6/c1-4-6-7-8-10-21-16(19)13(3)11-14(17)22-12-15(18)20-9-5-2/h3-12H2,1-2H3. The molecule has 6 heteroatoms. The Hall–Kier alpha value is -1.85. The Balaban J connectivity index is 3.82. The van der Waals surface area contributed by atoms with Crippen LogP contribution in [0.1, 0.15) is 52.4 Å². The molecule has 0 fully saturated rings. The zero-order valence-electron chi connectivity index (χ0n) is 13.5. The summed E-state index contributed by atoms with van der Waals surface area (Å²) < 4.78 is 14.4. The van der Waals surface area contributed by atoms with Gasteiger partial charge in [0.15, 0.2) is 6.61 Å². The molecule has 0 aromatic rings. The van der Waals surface area contributed by atoms with Crippen LogP contribution in [-0.2, 0) is 28.6 Å². The molecule has 0 aliphatic carbocycles. The van der Waals surface area contributed by atoms with Gasteiger partial charge in [0.25, 0.3) is 0 Å². The lowest BCUT2D eigenvalue weighted by molar-refractivity contribution is -0.158. The van der Waals surface area contributed by atoms with E-state index < -0.39 is 24.5 Å². The van der Waals surface area contributed by atoms with Gasteiger partial charge in [0.2, 0.25) is 0 Å². The molecule has 0 atom stereocenters. The minimum atomic E-state index is -0.707. The van der Waals surface area contributed by atoms with Gasteiger partial charge in [0.1, 0.15) is 0 Å². The van der Waals surface area contributed by atoms with Crippen LogP contribution in [0.4, 0.5) is 0 Å². The number of hydrogen-bond acceptors (Lipinski definition) is 6. The summed E-state index contributed by atoms with van der Waals surface area (Å²) >= 11 is 0. The second kappa shape index (κ2) is 12.9. The van der Waals surface area contributed by atoms with E-state index >= 15 is 0 Å². The molecule has 0 heterocycles. The summed E-state index contributed by atoms with van der Waals surface area (Å²) in [5.74, 6) is -1.93. The van der Waals surface area contributed by atoms with E-state index in [4.69, 9.17) is 14.2 Å². The maximum absolute atomic E-state index is 11.6. The Morgan fingerprint density at radius 1 is 0.818 bits per heavy atom. The summed E-state index contributed by atoms with van der Waals surface area (Å²) in [4.78, 5) is 34.2. The molecule has 0 saturated carbocycles. The molecule has 0 rings (SSSR count). The molecule has 0 amide bonds. The van der Waals surface area contributed by atoms with Crippen LogP contribution in [-0.4, -0.2) is 37.7 Å². The van der Waals surface area contributed by atoms with Gasteiger partial charge < -0.3 is 14.2 Å². The predicted molar refractivity (Wildman–Crippen MR) is 81.1 cm³/mol. The third kappa shape index (κ3) is 10.9. The van der Waals surface area contributed by atoms with Crippen LogP contribution in [0.2, 0.25) is 0 Å². The molecule has 0 aromatic heterocycles. The van der Waals surface area contributed by atoms with Gasteiger partial charge in [0, 0.05) is 5.57 Å². The average molecular weight is 314 g/mol. The van der Waals surface area contributed by atoms with E-state index in [1.165, 1.54) is 0 Å². The molecular formula is C16H26O6. The quantitative estimate of drug-likeness (QED) is 0.238. The number of carbonyl (C=O) groups is 3. The molecule has 0 aromatic carbocycles. The fraction of sp³-hybridized carbons (Fsp3) is 0.688. The Labute approximate surface area is 131 Å². The minimum Gasteiger partial charge on any atom is -0.463 e. The number of rotatable bonds is 12. The van der Waals surface area contributed by atoms with Gasteiger partial charge in [-0.1, -0.05) is 39.7 Å². The van der Waals surface area contributed by atoms with Crippen molar-refractivity contribution < 1.29 is 28.6 Å². The highest BCUT2D eigenvalue weighted by atomic mass is 16.6. The first-order valence-electron chi connectivity index (χ1n) is 7.67. The van der Waals surface area contributed by atoms with Crippen LogP contribution >= 0.6 is 0 Å². The lowest BCUT2D eigenvalue weighted by Crippen LogP contribution is -2.18. The van der Waals surface area contributed by atoms with Gasteiger partial charge in [-0.2, -0.15) is 0 Å². The second-order valence-corrected chi connectivity index (χ2v) is 4.86. The molecule has 0 N–H and O–H groups in total. The van der Waals surface area contributed by atoms with E-state index in [0.717, 1.165) is 25.7 Å². The Bertz CT molecular complexity index is 375. The molecular weight excluding hydrogens is 288 g/mol. The normalized spacial score (nSPS) is 9.91. The van der Waals surface area contributed by atoms with Gasteiger partial charge in [-0.15, -0.1) is 0 Å². The van der Waals surface area contributed by atoms with Crippen molar-refractivity contribution in [2.75, 3.05) is 19.8 Å². The molecule has 0 bridgehead atoms. The first kappa shape index (κ1) is 20.1. The molecule has 0 aliphatic rings. The van der Waals surface area contributed by atoms with Crippen molar-refractivity contribution in [1.82, 2.24) is 0 Å². The van der Waals surface area contributed by atoms with Gasteiger partial charge >= 0.3 is 17.9 Å². The molecule has 0 unspecified atom stereocenters. The number of esters is 3. The maximum atomic E-state index is 11.6. The van der Waals surface area contributed by atoms with Crippen molar-refractivity contribution in [1.29, 1.82) is 0 Å². The molecule has 0 aliphatic heterocycles. The maximum Gasteiger partial charge on any atom is 0.344 e. The first-order chi connectivity index (χ1) is 10.5. The van der Waals surface area contributed by atoms with Gasteiger partial charge in [-0.25, -0.2) is 9.59 Å². The highest BCUT2D eigenvalue weighted by Gasteiger charge is 2.15. The largest absolute Gasteiger partial charge is 0.463 e. The zero-order chi connectivity index (χ0) is 16.8.